The molecular weight excluding hydrogens is 366 g/mol. The number of para-hydroxylation sites is 2. The summed E-state index contributed by atoms with van der Waals surface area (Å²) in [5.41, 5.74) is 5.31. The molecule has 0 spiro atoms. The van der Waals surface area contributed by atoms with Gasteiger partial charge in [0.2, 0.25) is 0 Å². The molecule has 144 valence electrons. The average Bonchev–Trinajstić information content (AvgIpc) is 3.14. The van der Waals surface area contributed by atoms with Crippen LogP contribution in [0.2, 0.25) is 0 Å². The number of nitrogens with zero attached hydrogens (tertiary/aromatic N) is 2. The molecule has 5 rings (SSSR count). The van der Waals surface area contributed by atoms with Crippen LogP contribution in [-0.4, -0.2) is 16.2 Å². The monoisotopic (exact) mass is 387 g/mol. The summed E-state index contributed by atoms with van der Waals surface area (Å²) in [4.78, 5) is 4.66. The number of aliphatic imine (C=N–C) groups is 1. The third-order valence-corrected chi connectivity index (χ3v) is 5.44. The zero-order chi connectivity index (χ0) is 20.5. The van der Waals surface area contributed by atoms with Crippen LogP contribution in [0.15, 0.2) is 108 Å². The number of fused-ring (bicyclic) bond motifs is 3. The number of benzene rings is 4. The highest BCUT2D eigenvalue weighted by atomic mass is 15.1. The standard InChI is InChI=1S/C27H21N3/c1-19(30-25-13-7-5-11-23(25)24-12-6-8-14-26(24)30)29-27(28)22-17-15-21(16-18-22)20-9-3-2-4-10-20/h2-18,28H,1H3. The van der Waals surface area contributed by atoms with E-state index in [2.05, 4.69) is 58.1 Å². The lowest BCUT2D eigenvalue weighted by Gasteiger charge is -2.08. The van der Waals surface area contributed by atoms with Gasteiger partial charge in [-0.15, -0.1) is 0 Å². The van der Waals surface area contributed by atoms with E-state index in [9.17, 15) is 0 Å². The molecule has 0 bridgehead atoms. The molecule has 3 nitrogen and oxygen atoms in total. The minimum absolute atomic E-state index is 0.258. The van der Waals surface area contributed by atoms with E-state index < -0.39 is 0 Å². The van der Waals surface area contributed by atoms with Gasteiger partial charge in [-0.25, -0.2) is 4.99 Å². The summed E-state index contributed by atoms with van der Waals surface area (Å²) >= 11 is 0. The van der Waals surface area contributed by atoms with E-state index in [0.29, 0.717) is 0 Å². The predicted octanol–water partition coefficient (Wildman–Crippen LogP) is 6.75. The molecule has 0 saturated carbocycles. The number of rotatable bonds is 2. The number of hydrogen-bond donors (Lipinski definition) is 1. The number of hydrogen-bond acceptors (Lipinski definition) is 1. The van der Waals surface area contributed by atoms with Crippen LogP contribution in [-0.2, 0) is 0 Å². The number of amidine groups is 1. The molecule has 0 saturated heterocycles. The van der Waals surface area contributed by atoms with Crippen LogP contribution in [0.25, 0.3) is 32.9 Å². The van der Waals surface area contributed by atoms with Crippen LogP contribution >= 0.6 is 0 Å². The van der Waals surface area contributed by atoms with E-state index in [0.717, 1.165) is 28.0 Å². The van der Waals surface area contributed by atoms with Crippen molar-refractivity contribution >= 4 is 33.5 Å². The fraction of sp³-hybridized carbons (Fsp3) is 0.0370. The molecule has 1 heterocycles. The van der Waals surface area contributed by atoms with Gasteiger partial charge in [0.1, 0.15) is 5.84 Å². The lowest BCUT2D eigenvalue weighted by molar-refractivity contribution is 1.24. The maximum absolute atomic E-state index is 8.55. The second kappa shape index (κ2) is 7.45. The first kappa shape index (κ1) is 18.1. The first-order valence-corrected chi connectivity index (χ1v) is 10.0. The summed E-state index contributed by atoms with van der Waals surface area (Å²) in [6.07, 6.45) is 0. The largest absolute Gasteiger partial charge is 0.297 e. The Morgan fingerprint density at radius 3 is 1.73 bits per heavy atom. The van der Waals surface area contributed by atoms with Gasteiger partial charge < -0.3 is 0 Å². The Morgan fingerprint density at radius 2 is 1.13 bits per heavy atom. The van der Waals surface area contributed by atoms with Crippen molar-refractivity contribution in [1.82, 2.24) is 4.57 Å². The van der Waals surface area contributed by atoms with Crippen LogP contribution in [0, 0.1) is 5.41 Å². The summed E-state index contributed by atoms with van der Waals surface area (Å²) in [5, 5.41) is 10.9. The first-order chi connectivity index (χ1) is 14.7. The topological polar surface area (TPSA) is 41.1 Å². The summed E-state index contributed by atoms with van der Waals surface area (Å²) < 4.78 is 2.14. The Labute approximate surface area is 175 Å². The van der Waals surface area contributed by atoms with Gasteiger partial charge in [-0.3, -0.25) is 9.98 Å². The summed E-state index contributed by atoms with van der Waals surface area (Å²) in [6, 6.07) is 34.9. The Morgan fingerprint density at radius 1 is 0.633 bits per heavy atom. The van der Waals surface area contributed by atoms with E-state index in [4.69, 9.17) is 5.41 Å². The highest BCUT2D eigenvalue weighted by Crippen LogP contribution is 2.28. The summed E-state index contributed by atoms with van der Waals surface area (Å²) in [7, 11) is 0. The van der Waals surface area contributed by atoms with Crippen LogP contribution in [0.3, 0.4) is 0 Å². The Balaban J connectivity index is 1.53. The van der Waals surface area contributed by atoms with Crippen molar-refractivity contribution in [2.45, 2.75) is 6.92 Å². The van der Waals surface area contributed by atoms with Crippen molar-refractivity contribution in [1.29, 1.82) is 5.41 Å². The van der Waals surface area contributed by atoms with Crippen LogP contribution in [0.4, 0.5) is 0 Å². The first-order valence-electron chi connectivity index (χ1n) is 10.0. The molecule has 0 unspecified atom stereocenters. The molecule has 4 aromatic carbocycles. The van der Waals surface area contributed by atoms with E-state index in [1.165, 1.54) is 16.3 Å². The fourth-order valence-electron chi connectivity index (χ4n) is 4.00. The molecular formula is C27H21N3. The van der Waals surface area contributed by atoms with Gasteiger partial charge >= 0.3 is 0 Å². The lowest BCUT2D eigenvalue weighted by atomic mass is 10.0. The van der Waals surface area contributed by atoms with E-state index >= 15 is 0 Å². The van der Waals surface area contributed by atoms with Crippen molar-refractivity contribution in [3.05, 3.63) is 109 Å². The van der Waals surface area contributed by atoms with Crippen LogP contribution in [0.5, 0.6) is 0 Å². The van der Waals surface area contributed by atoms with Gasteiger partial charge in [-0.1, -0.05) is 91.0 Å². The Hall–Kier alpha value is -3.98. The lowest BCUT2D eigenvalue weighted by Crippen LogP contribution is -2.10. The molecule has 0 fully saturated rings. The second-order valence-corrected chi connectivity index (χ2v) is 7.32. The van der Waals surface area contributed by atoms with Crippen molar-refractivity contribution in [3.63, 3.8) is 0 Å². The van der Waals surface area contributed by atoms with Gasteiger partial charge in [-0.05, 0) is 30.2 Å². The molecule has 30 heavy (non-hydrogen) atoms. The quantitative estimate of drug-likeness (QED) is 0.257. The molecule has 1 aromatic heterocycles. The molecule has 0 aliphatic heterocycles. The van der Waals surface area contributed by atoms with Gasteiger partial charge in [0.25, 0.3) is 0 Å². The predicted molar refractivity (Wildman–Crippen MR) is 127 cm³/mol. The minimum Gasteiger partial charge on any atom is -0.297 e. The number of aromatic nitrogens is 1. The molecule has 0 atom stereocenters. The normalized spacial score (nSPS) is 11.8. The Kier molecular flexibility index (Phi) is 4.49. The summed E-state index contributed by atoms with van der Waals surface area (Å²) in [5.74, 6) is 1.04. The maximum atomic E-state index is 8.55. The van der Waals surface area contributed by atoms with Crippen molar-refractivity contribution < 1.29 is 0 Å². The van der Waals surface area contributed by atoms with Crippen molar-refractivity contribution in [2.24, 2.45) is 4.99 Å². The molecule has 5 aromatic rings. The fourth-order valence-corrected chi connectivity index (χ4v) is 4.00. The highest BCUT2D eigenvalue weighted by molar-refractivity contribution is 6.16. The van der Waals surface area contributed by atoms with E-state index in [1.807, 2.05) is 61.5 Å². The highest BCUT2D eigenvalue weighted by Gasteiger charge is 2.12. The van der Waals surface area contributed by atoms with Crippen LogP contribution in [0.1, 0.15) is 12.5 Å². The van der Waals surface area contributed by atoms with Crippen molar-refractivity contribution in [2.75, 3.05) is 0 Å². The Bertz CT molecular complexity index is 1340. The molecule has 3 heteroatoms. The SMILES string of the molecule is CC(=NC(=N)c1ccc(-c2ccccc2)cc1)n1c2ccccc2c2ccccc21. The molecule has 1 N–H and O–H groups in total. The second-order valence-electron chi connectivity index (χ2n) is 7.32. The van der Waals surface area contributed by atoms with Crippen LogP contribution < -0.4 is 0 Å². The zero-order valence-electron chi connectivity index (χ0n) is 16.7. The smallest absolute Gasteiger partial charge is 0.153 e. The van der Waals surface area contributed by atoms with E-state index in [1.54, 1.807) is 0 Å². The maximum Gasteiger partial charge on any atom is 0.153 e. The third-order valence-electron chi connectivity index (χ3n) is 5.44. The van der Waals surface area contributed by atoms with Gasteiger partial charge in [0, 0.05) is 16.3 Å². The third kappa shape index (κ3) is 3.11. The molecule has 0 aliphatic rings. The van der Waals surface area contributed by atoms with Crippen molar-refractivity contribution in [3.8, 4) is 11.1 Å². The zero-order valence-corrected chi connectivity index (χ0v) is 16.7. The molecule has 0 aliphatic carbocycles. The molecule has 0 amide bonds. The van der Waals surface area contributed by atoms with Gasteiger partial charge in [0.05, 0.1) is 11.0 Å². The number of nitrogens with one attached hydrogen (secondary N) is 1. The minimum atomic E-state index is 0.258. The summed E-state index contributed by atoms with van der Waals surface area (Å²) in [6.45, 7) is 1.96. The van der Waals surface area contributed by atoms with Gasteiger partial charge in [-0.2, -0.15) is 0 Å². The molecule has 0 radical (unpaired) electrons. The van der Waals surface area contributed by atoms with Gasteiger partial charge in [0.15, 0.2) is 5.84 Å². The average molecular weight is 387 g/mol. The van der Waals surface area contributed by atoms with E-state index in [-0.39, 0.29) is 5.84 Å².